The van der Waals surface area contributed by atoms with Crippen LogP contribution in [0.1, 0.15) is 23.1 Å². The van der Waals surface area contributed by atoms with Gasteiger partial charge in [0.25, 0.3) is 0 Å². The van der Waals surface area contributed by atoms with Crippen molar-refractivity contribution in [1.82, 2.24) is 10.2 Å². The molecule has 0 radical (unpaired) electrons. The van der Waals surface area contributed by atoms with Gasteiger partial charge in [-0.15, -0.1) is 0 Å². The van der Waals surface area contributed by atoms with Crippen molar-refractivity contribution >= 4 is 23.0 Å². The van der Waals surface area contributed by atoms with E-state index < -0.39 is 0 Å². The van der Waals surface area contributed by atoms with E-state index in [1.54, 1.807) is 0 Å². The number of nitrogens with one attached hydrogen (secondary N) is 2. The van der Waals surface area contributed by atoms with E-state index >= 15 is 0 Å². The summed E-state index contributed by atoms with van der Waals surface area (Å²) in [6.07, 6.45) is 1.13. The molecule has 1 aliphatic rings. The van der Waals surface area contributed by atoms with Gasteiger partial charge in [-0.3, -0.25) is 4.90 Å². The first kappa shape index (κ1) is 16.9. The third-order valence-electron chi connectivity index (χ3n) is 4.62. The number of likely N-dealkylation sites (tertiary alicyclic amines) is 1. The van der Waals surface area contributed by atoms with Crippen LogP contribution in [0.5, 0.6) is 0 Å². The van der Waals surface area contributed by atoms with E-state index in [4.69, 9.17) is 12.2 Å². The lowest BCUT2D eigenvalue weighted by atomic mass is 10.1. The van der Waals surface area contributed by atoms with Gasteiger partial charge >= 0.3 is 0 Å². The third-order valence-corrected chi connectivity index (χ3v) is 4.84. The Morgan fingerprint density at radius 1 is 1.12 bits per heavy atom. The fourth-order valence-corrected chi connectivity index (χ4v) is 3.39. The molecule has 2 aromatic rings. The van der Waals surface area contributed by atoms with E-state index in [0.717, 1.165) is 31.7 Å². The molecular formula is C20H25N3S. The maximum atomic E-state index is 5.48. The smallest absolute Gasteiger partial charge is 0.171 e. The van der Waals surface area contributed by atoms with Crippen LogP contribution in [0.2, 0.25) is 0 Å². The summed E-state index contributed by atoms with van der Waals surface area (Å²) in [6, 6.07) is 17.4. The summed E-state index contributed by atoms with van der Waals surface area (Å²) in [5.41, 5.74) is 4.99. The Labute approximate surface area is 150 Å². The van der Waals surface area contributed by atoms with E-state index in [-0.39, 0.29) is 0 Å². The number of thiocarbonyl (C=S) groups is 1. The van der Waals surface area contributed by atoms with Crippen LogP contribution in [-0.4, -0.2) is 29.1 Å². The number of nitrogens with zero attached hydrogens (tertiary/aromatic N) is 1. The normalized spacial score (nSPS) is 17.7. The predicted molar refractivity (Wildman–Crippen MR) is 105 cm³/mol. The molecule has 0 bridgehead atoms. The van der Waals surface area contributed by atoms with Gasteiger partial charge in [-0.1, -0.05) is 36.4 Å². The number of anilines is 1. The van der Waals surface area contributed by atoms with Crippen molar-refractivity contribution in [3.63, 3.8) is 0 Å². The zero-order valence-corrected chi connectivity index (χ0v) is 15.2. The minimum absolute atomic E-state index is 0.417. The average Bonchev–Trinajstić information content (AvgIpc) is 2.99. The first-order valence-corrected chi connectivity index (χ1v) is 8.92. The van der Waals surface area contributed by atoms with Crippen LogP contribution >= 0.6 is 12.2 Å². The van der Waals surface area contributed by atoms with Crippen molar-refractivity contribution in [3.05, 3.63) is 65.2 Å². The Morgan fingerprint density at radius 3 is 2.67 bits per heavy atom. The van der Waals surface area contributed by atoms with Crippen molar-refractivity contribution in [3.8, 4) is 0 Å². The van der Waals surface area contributed by atoms with Gasteiger partial charge in [0.1, 0.15) is 0 Å². The highest BCUT2D eigenvalue weighted by molar-refractivity contribution is 7.80. The Bertz CT molecular complexity index is 699. The molecule has 1 heterocycles. The van der Waals surface area contributed by atoms with Crippen molar-refractivity contribution in [2.24, 2.45) is 0 Å². The van der Waals surface area contributed by atoms with Gasteiger partial charge in [-0.2, -0.15) is 0 Å². The van der Waals surface area contributed by atoms with Gasteiger partial charge in [0.15, 0.2) is 5.11 Å². The standard InChI is InChI=1S/C20H25N3S/c1-15-8-9-18(12-16(15)2)21-20(24)22-19-10-11-23(14-19)13-17-6-4-3-5-7-17/h3-9,12,19H,10-11,13-14H2,1-2H3,(H2,21,22,24)/t19-/m1/s1. The number of rotatable bonds is 4. The number of hydrogen-bond acceptors (Lipinski definition) is 2. The summed E-state index contributed by atoms with van der Waals surface area (Å²) in [7, 11) is 0. The molecule has 0 spiro atoms. The van der Waals surface area contributed by atoms with Crippen molar-refractivity contribution < 1.29 is 0 Å². The number of aryl methyl sites for hydroxylation is 2. The second-order valence-corrected chi connectivity index (χ2v) is 7.01. The lowest BCUT2D eigenvalue weighted by molar-refractivity contribution is 0.324. The molecule has 1 fully saturated rings. The molecule has 3 nitrogen and oxygen atoms in total. The monoisotopic (exact) mass is 339 g/mol. The van der Waals surface area contributed by atoms with Gasteiger partial charge in [-0.05, 0) is 61.3 Å². The molecule has 0 aromatic heterocycles. The fraction of sp³-hybridized carbons (Fsp3) is 0.350. The van der Waals surface area contributed by atoms with Crippen LogP contribution in [0, 0.1) is 13.8 Å². The second-order valence-electron chi connectivity index (χ2n) is 6.60. The maximum Gasteiger partial charge on any atom is 0.171 e. The van der Waals surface area contributed by atoms with Gasteiger partial charge in [0.05, 0.1) is 0 Å². The van der Waals surface area contributed by atoms with Crippen LogP contribution in [0.4, 0.5) is 5.69 Å². The molecule has 1 atom stereocenters. The van der Waals surface area contributed by atoms with Gasteiger partial charge in [-0.25, -0.2) is 0 Å². The summed E-state index contributed by atoms with van der Waals surface area (Å²) < 4.78 is 0. The number of benzene rings is 2. The summed E-state index contributed by atoms with van der Waals surface area (Å²) in [6.45, 7) is 7.39. The molecule has 24 heavy (non-hydrogen) atoms. The van der Waals surface area contributed by atoms with Crippen molar-refractivity contribution in [2.75, 3.05) is 18.4 Å². The summed E-state index contributed by atoms with van der Waals surface area (Å²) in [5, 5.41) is 7.47. The van der Waals surface area contributed by atoms with Gasteiger partial charge in [0.2, 0.25) is 0 Å². The van der Waals surface area contributed by atoms with Crippen LogP contribution in [0.3, 0.4) is 0 Å². The maximum absolute atomic E-state index is 5.48. The van der Waals surface area contributed by atoms with E-state index in [0.29, 0.717) is 11.2 Å². The SMILES string of the molecule is Cc1ccc(NC(=S)N[C@@H]2CCN(Cc3ccccc3)C2)cc1C. The highest BCUT2D eigenvalue weighted by Gasteiger charge is 2.22. The third kappa shape index (κ3) is 4.56. The van der Waals surface area contributed by atoms with E-state index in [9.17, 15) is 0 Å². The highest BCUT2D eigenvalue weighted by Crippen LogP contribution is 2.16. The van der Waals surface area contributed by atoms with Crippen molar-refractivity contribution in [2.45, 2.75) is 32.9 Å². The Hall–Kier alpha value is -1.91. The molecule has 0 amide bonds. The predicted octanol–water partition coefficient (Wildman–Crippen LogP) is 3.86. The Morgan fingerprint density at radius 2 is 1.92 bits per heavy atom. The first-order chi connectivity index (χ1) is 11.6. The summed E-state index contributed by atoms with van der Waals surface area (Å²) >= 11 is 5.48. The minimum Gasteiger partial charge on any atom is -0.358 e. The number of hydrogen-bond donors (Lipinski definition) is 2. The zero-order valence-electron chi connectivity index (χ0n) is 14.4. The summed E-state index contributed by atoms with van der Waals surface area (Å²) in [5.74, 6) is 0. The molecule has 2 N–H and O–H groups in total. The molecule has 126 valence electrons. The van der Waals surface area contributed by atoms with Crippen LogP contribution in [0.15, 0.2) is 48.5 Å². The Balaban J connectivity index is 1.48. The molecule has 3 rings (SSSR count). The molecule has 0 unspecified atom stereocenters. The molecule has 0 saturated carbocycles. The summed E-state index contributed by atoms with van der Waals surface area (Å²) in [4.78, 5) is 2.48. The topological polar surface area (TPSA) is 27.3 Å². The average molecular weight is 340 g/mol. The molecule has 0 aliphatic carbocycles. The fourth-order valence-electron chi connectivity index (χ4n) is 3.11. The molecule has 2 aromatic carbocycles. The largest absolute Gasteiger partial charge is 0.358 e. The van der Waals surface area contributed by atoms with E-state index in [1.807, 2.05) is 0 Å². The van der Waals surface area contributed by atoms with E-state index in [2.05, 4.69) is 77.9 Å². The molecule has 4 heteroatoms. The van der Waals surface area contributed by atoms with Gasteiger partial charge in [0, 0.05) is 31.4 Å². The van der Waals surface area contributed by atoms with Gasteiger partial charge < -0.3 is 10.6 Å². The zero-order chi connectivity index (χ0) is 16.9. The van der Waals surface area contributed by atoms with Crippen LogP contribution in [-0.2, 0) is 6.54 Å². The molecular weight excluding hydrogens is 314 g/mol. The van der Waals surface area contributed by atoms with Crippen molar-refractivity contribution in [1.29, 1.82) is 0 Å². The quantitative estimate of drug-likeness (QED) is 0.827. The lowest BCUT2D eigenvalue weighted by Gasteiger charge is -2.18. The van der Waals surface area contributed by atoms with Crippen LogP contribution < -0.4 is 10.6 Å². The highest BCUT2D eigenvalue weighted by atomic mass is 32.1. The second kappa shape index (κ2) is 7.77. The van der Waals surface area contributed by atoms with Crippen LogP contribution in [0.25, 0.3) is 0 Å². The molecule has 1 aliphatic heterocycles. The molecule has 1 saturated heterocycles. The first-order valence-electron chi connectivity index (χ1n) is 8.51. The Kier molecular flexibility index (Phi) is 5.48. The lowest BCUT2D eigenvalue weighted by Crippen LogP contribution is -2.39. The van der Waals surface area contributed by atoms with E-state index in [1.165, 1.54) is 16.7 Å². The minimum atomic E-state index is 0.417.